The Bertz CT molecular complexity index is 950. The van der Waals surface area contributed by atoms with Gasteiger partial charge in [-0.3, -0.25) is 4.79 Å². The fraction of sp³-hybridized carbons (Fsp3) is 0.350. The number of rotatable bonds is 9. The van der Waals surface area contributed by atoms with Crippen molar-refractivity contribution in [2.24, 2.45) is 0 Å². The van der Waals surface area contributed by atoms with Gasteiger partial charge in [-0.25, -0.2) is 9.37 Å². The van der Waals surface area contributed by atoms with E-state index in [1.54, 1.807) is 0 Å². The van der Waals surface area contributed by atoms with Gasteiger partial charge in [0.2, 0.25) is 5.95 Å². The molecule has 0 aliphatic heterocycles. The number of nitrogen functional groups attached to an aromatic ring is 1. The van der Waals surface area contributed by atoms with Gasteiger partial charge in [-0.1, -0.05) is 18.0 Å². The van der Waals surface area contributed by atoms with Crippen molar-refractivity contribution < 1.29 is 22.4 Å². The molecule has 0 amide bonds. The number of nitrogens with zero attached hydrogens (tertiary/aromatic N) is 3. The molecular formula is C20H23F4N5OS. The Hall–Kier alpha value is -2.82. The van der Waals surface area contributed by atoms with Gasteiger partial charge < -0.3 is 15.4 Å². The Kier molecular flexibility index (Phi) is 8.26. The van der Waals surface area contributed by atoms with Crippen LogP contribution < -0.4 is 15.4 Å². The van der Waals surface area contributed by atoms with Crippen molar-refractivity contribution >= 4 is 47.3 Å². The van der Waals surface area contributed by atoms with E-state index in [-0.39, 0.29) is 29.0 Å². The van der Waals surface area contributed by atoms with Crippen LogP contribution in [0.1, 0.15) is 31.4 Å². The first-order valence-electron chi connectivity index (χ1n) is 9.28. The summed E-state index contributed by atoms with van der Waals surface area (Å²) in [5.74, 6) is -0.357. The van der Waals surface area contributed by atoms with E-state index in [0.717, 1.165) is 18.0 Å². The third-order valence-electron chi connectivity index (χ3n) is 4.33. The maximum Gasteiger partial charge on any atom is 0.389 e. The van der Waals surface area contributed by atoms with Crippen molar-refractivity contribution in [1.29, 1.82) is 0 Å². The molecular weight excluding hydrogens is 434 g/mol. The fourth-order valence-electron chi connectivity index (χ4n) is 2.45. The van der Waals surface area contributed by atoms with Gasteiger partial charge in [-0.15, -0.1) is 0 Å². The van der Waals surface area contributed by atoms with Gasteiger partial charge in [0.05, 0.1) is 12.1 Å². The minimum atomic E-state index is -4.27. The number of halogens is 4. The lowest BCUT2D eigenvalue weighted by Crippen LogP contribution is -2.27. The van der Waals surface area contributed by atoms with Crippen molar-refractivity contribution in [3.05, 3.63) is 41.3 Å². The van der Waals surface area contributed by atoms with Crippen LogP contribution in [0.5, 0.6) is 0 Å². The van der Waals surface area contributed by atoms with Gasteiger partial charge in [-0.05, 0) is 37.6 Å². The van der Waals surface area contributed by atoms with Crippen LogP contribution in [0.25, 0.3) is 11.6 Å². The van der Waals surface area contributed by atoms with Crippen LogP contribution in [0, 0.1) is 5.82 Å². The Morgan fingerprint density at radius 1 is 1.35 bits per heavy atom. The van der Waals surface area contributed by atoms with Gasteiger partial charge in [-0.2, -0.15) is 18.2 Å². The first kappa shape index (κ1) is 24.4. The Morgan fingerprint density at radius 2 is 2.06 bits per heavy atom. The minimum Gasteiger partial charge on any atom is -0.368 e. The van der Waals surface area contributed by atoms with Crippen LogP contribution in [-0.2, 0) is 4.79 Å². The molecule has 6 nitrogen and oxygen atoms in total. The summed E-state index contributed by atoms with van der Waals surface area (Å²) in [5.41, 5.74) is 6.72. The molecule has 0 radical (unpaired) electrons. The van der Waals surface area contributed by atoms with E-state index >= 15 is 0 Å². The van der Waals surface area contributed by atoms with Gasteiger partial charge in [0.1, 0.15) is 11.6 Å². The smallest absolute Gasteiger partial charge is 0.368 e. The van der Waals surface area contributed by atoms with Crippen LogP contribution >= 0.6 is 11.9 Å². The zero-order valence-electron chi connectivity index (χ0n) is 17.2. The van der Waals surface area contributed by atoms with Gasteiger partial charge in [0.25, 0.3) is 0 Å². The lowest BCUT2D eigenvalue weighted by Gasteiger charge is -2.24. The van der Waals surface area contributed by atoms with Crippen LogP contribution in [-0.4, -0.2) is 41.3 Å². The lowest BCUT2D eigenvalue weighted by atomic mass is 10.0. The number of anilines is 3. The Balaban J connectivity index is 2.26. The monoisotopic (exact) mass is 457 g/mol. The van der Waals surface area contributed by atoms with Gasteiger partial charge in [0, 0.05) is 36.2 Å². The Labute approximate surface area is 182 Å². The average molecular weight is 457 g/mol. The molecule has 11 heteroatoms. The maximum absolute atomic E-state index is 14.4. The van der Waals surface area contributed by atoms with Crippen molar-refractivity contribution in [1.82, 2.24) is 9.97 Å². The third-order valence-corrected chi connectivity index (χ3v) is 5.11. The lowest BCUT2D eigenvalue weighted by molar-refractivity contribution is -0.129. The molecule has 0 saturated heterocycles. The predicted octanol–water partition coefficient (Wildman–Crippen LogP) is 4.79. The summed E-state index contributed by atoms with van der Waals surface area (Å²) in [6.45, 7) is 3.92. The first-order chi connectivity index (χ1) is 14.5. The second kappa shape index (κ2) is 10.5. The highest BCUT2D eigenvalue weighted by atomic mass is 32.2. The summed E-state index contributed by atoms with van der Waals surface area (Å²) < 4.78 is 53.6. The van der Waals surface area contributed by atoms with E-state index in [4.69, 9.17) is 5.73 Å². The summed E-state index contributed by atoms with van der Waals surface area (Å²) in [5, 5.41) is 0. The summed E-state index contributed by atoms with van der Waals surface area (Å²) in [6.07, 6.45) is -1.67. The van der Waals surface area contributed by atoms with E-state index in [0.29, 0.717) is 23.2 Å². The number of carbonyl (C=O) groups excluding carboxylic acids is 1. The number of benzene rings is 1. The molecule has 1 aromatic carbocycles. The van der Waals surface area contributed by atoms with E-state index in [2.05, 4.69) is 14.7 Å². The third kappa shape index (κ3) is 7.12. The molecule has 0 atom stereocenters. The van der Waals surface area contributed by atoms with Crippen molar-refractivity contribution in [2.45, 2.75) is 32.5 Å². The molecule has 0 unspecified atom stereocenters. The average Bonchev–Trinajstić information content (AvgIpc) is 2.69. The summed E-state index contributed by atoms with van der Waals surface area (Å²) in [7, 11) is 1.82. The van der Waals surface area contributed by atoms with Crippen molar-refractivity contribution in [3.63, 3.8) is 0 Å². The molecule has 0 spiro atoms. The zero-order valence-corrected chi connectivity index (χ0v) is 18.0. The quantitative estimate of drug-likeness (QED) is 0.184. The number of allylic oxidation sites excluding steroid dienone is 1. The van der Waals surface area contributed by atoms with E-state index < -0.39 is 18.4 Å². The zero-order chi connectivity index (χ0) is 23.2. The number of hydrogen-bond acceptors (Lipinski definition) is 7. The van der Waals surface area contributed by atoms with Crippen molar-refractivity contribution in [2.75, 3.05) is 28.2 Å². The minimum absolute atomic E-state index is 0.0252. The Morgan fingerprint density at radius 3 is 2.65 bits per heavy atom. The van der Waals surface area contributed by atoms with Crippen LogP contribution in [0.4, 0.5) is 35.0 Å². The molecule has 1 heterocycles. The summed E-state index contributed by atoms with van der Waals surface area (Å²) >= 11 is 0.751. The normalized spacial score (nSPS) is 12.2. The van der Waals surface area contributed by atoms with Crippen LogP contribution in [0.2, 0.25) is 0 Å². The molecule has 168 valence electrons. The standard InChI is InChI=1S/C20H23F4N5OS/c1-12(2)29(3)18-14(10-26-19(25)27-18)8-15(11-30)13-4-5-17(16(21)9-13)28-31-7-6-20(22,23)24/h4-5,8-12,28H,6-7H2,1-3H3,(H2,25,26,27)/b15-8+. The highest BCUT2D eigenvalue weighted by molar-refractivity contribution is 8.00. The number of aromatic nitrogens is 2. The molecule has 3 N–H and O–H groups in total. The number of nitrogens with two attached hydrogens (primary N) is 1. The largest absolute Gasteiger partial charge is 0.389 e. The van der Waals surface area contributed by atoms with Crippen LogP contribution in [0.3, 0.4) is 0 Å². The fourth-order valence-corrected chi connectivity index (χ4v) is 3.21. The molecule has 2 rings (SSSR count). The SMILES string of the molecule is CC(C)N(C)c1nc(N)ncc1/C=C(\C=O)c1ccc(NSCCC(F)(F)F)c(F)c1. The van der Waals surface area contributed by atoms with E-state index in [1.165, 1.54) is 24.4 Å². The number of carbonyl (C=O) groups is 1. The first-order valence-corrected chi connectivity index (χ1v) is 10.3. The molecule has 0 aliphatic rings. The van der Waals surface area contributed by atoms with Crippen molar-refractivity contribution in [3.8, 4) is 0 Å². The molecule has 0 saturated carbocycles. The second-order valence-electron chi connectivity index (χ2n) is 6.94. The topological polar surface area (TPSA) is 84.1 Å². The maximum atomic E-state index is 14.4. The summed E-state index contributed by atoms with van der Waals surface area (Å²) in [4.78, 5) is 21.8. The van der Waals surface area contributed by atoms with E-state index in [1.807, 2.05) is 25.8 Å². The molecule has 0 fully saturated rings. The molecule has 0 aliphatic carbocycles. The molecule has 0 bridgehead atoms. The van der Waals surface area contributed by atoms with Gasteiger partial charge in [0.15, 0.2) is 6.29 Å². The van der Waals surface area contributed by atoms with Crippen LogP contribution in [0.15, 0.2) is 24.4 Å². The predicted molar refractivity (Wildman–Crippen MR) is 117 cm³/mol. The summed E-state index contributed by atoms with van der Waals surface area (Å²) in [6, 6.07) is 4.10. The number of aldehydes is 1. The van der Waals surface area contributed by atoms with Gasteiger partial charge >= 0.3 is 6.18 Å². The van der Waals surface area contributed by atoms with E-state index in [9.17, 15) is 22.4 Å². The highest BCUT2D eigenvalue weighted by Crippen LogP contribution is 2.28. The number of alkyl halides is 3. The number of nitrogens with one attached hydrogen (secondary N) is 1. The highest BCUT2D eigenvalue weighted by Gasteiger charge is 2.26. The molecule has 31 heavy (non-hydrogen) atoms. The second-order valence-corrected chi connectivity index (χ2v) is 7.84. The number of hydrogen-bond donors (Lipinski definition) is 2. The molecule has 1 aromatic heterocycles. The molecule has 2 aromatic rings.